The Morgan fingerprint density at radius 3 is 2.58 bits per heavy atom. The maximum absolute atomic E-state index is 4.77. The molecule has 0 saturated heterocycles. The van der Waals surface area contributed by atoms with E-state index in [4.69, 9.17) is 9.97 Å². The van der Waals surface area contributed by atoms with Crippen LogP contribution in [0.2, 0.25) is 13.1 Å². The zero-order valence-electron chi connectivity index (χ0n) is 15.3. The molecule has 0 aliphatic carbocycles. The molecule has 131 valence electrons. The topological polar surface area (TPSA) is 25.8 Å². The van der Waals surface area contributed by atoms with E-state index in [2.05, 4.69) is 63.3 Å². The third-order valence-electron chi connectivity index (χ3n) is 5.62. The molecule has 0 spiro atoms. The van der Waals surface area contributed by atoms with Crippen LogP contribution >= 0.6 is 0 Å². The molecule has 0 N–H and O–H groups in total. The van der Waals surface area contributed by atoms with Crippen molar-refractivity contribution in [2.75, 3.05) is 0 Å². The molecule has 2 aromatic carbocycles. The van der Waals surface area contributed by atoms with Gasteiger partial charge in [0.05, 0.1) is 8.07 Å². The summed E-state index contributed by atoms with van der Waals surface area (Å²) in [7, 11) is -1.81. The molecule has 5 rings (SSSR count). The van der Waals surface area contributed by atoms with Crippen LogP contribution in [0.4, 0.5) is 0 Å². The molecular weight excluding hydrogens is 513 g/mol. The average molecular weight is 532 g/mol. The largest absolute Gasteiger partial charge is 0.304 e. The van der Waals surface area contributed by atoms with Crippen molar-refractivity contribution in [3.05, 3.63) is 60.0 Å². The van der Waals surface area contributed by atoms with Gasteiger partial charge in [-0.1, -0.05) is 24.3 Å². The van der Waals surface area contributed by atoms with E-state index in [9.17, 15) is 0 Å². The number of hydrogen-bond donors (Lipinski definition) is 0. The first-order valence-corrected chi connectivity index (χ1v) is 11.7. The van der Waals surface area contributed by atoms with E-state index in [0.717, 1.165) is 17.1 Å². The van der Waals surface area contributed by atoms with Crippen molar-refractivity contribution in [3.8, 4) is 11.3 Å². The summed E-state index contributed by atoms with van der Waals surface area (Å²) in [5.41, 5.74) is 4.46. The van der Waals surface area contributed by atoms with Crippen molar-refractivity contribution in [3.63, 3.8) is 0 Å². The van der Waals surface area contributed by atoms with Crippen LogP contribution in [0.1, 0.15) is 11.4 Å². The number of pyridine rings is 2. The van der Waals surface area contributed by atoms with Crippen molar-refractivity contribution in [1.29, 1.82) is 0 Å². The van der Waals surface area contributed by atoms with E-state index in [1.807, 2.05) is 12.3 Å². The number of nitrogens with zero attached hydrogens (tertiary/aromatic N) is 2. The second-order valence-electron chi connectivity index (χ2n) is 7.53. The van der Waals surface area contributed by atoms with Gasteiger partial charge >= 0.3 is 0 Å². The Labute approximate surface area is 168 Å². The summed E-state index contributed by atoms with van der Waals surface area (Å²) in [6.07, 6.45) is 1.94. The first-order chi connectivity index (χ1) is 12.0. The van der Waals surface area contributed by atoms with Crippen LogP contribution in [-0.4, -0.2) is 18.0 Å². The van der Waals surface area contributed by atoms with E-state index in [-0.39, 0.29) is 20.1 Å². The van der Waals surface area contributed by atoms with Gasteiger partial charge in [-0.2, -0.15) is 0 Å². The van der Waals surface area contributed by atoms with Gasteiger partial charge in [0.2, 0.25) is 0 Å². The van der Waals surface area contributed by atoms with Gasteiger partial charge in [-0.05, 0) is 47.8 Å². The molecule has 2 nitrogen and oxygen atoms in total. The Bertz CT molecular complexity index is 1200. The van der Waals surface area contributed by atoms with Gasteiger partial charge in [-0.3, -0.25) is 4.98 Å². The van der Waals surface area contributed by atoms with Crippen LogP contribution in [0, 0.1) is 19.9 Å². The Hall–Kier alpha value is -1.87. The second kappa shape index (κ2) is 5.81. The molecule has 1 radical (unpaired) electrons. The van der Waals surface area contributed by atoms with Crippen molar-refractivity contribution < 1.29 is 20.1 Å². The molecule has 0 amide bonds. The third-order valence-corrected chi connectivity index (χ3v) is 9.12. The van der Waals surface area contributed by atoms with E-state index in [1.165, 1.54) is 37.5 Å². The molecule has 4 heteroatoms. The van der Waals surface area contributed by atoms with Crippen molar-refractivity contribution >= 4 is 40.0 Å². The molecule has 0 unspecified atom stereocenters. The SMILES string of the molecule is Cc1cc2c(cc3c4c(nccc42)-c2[c-]cccc2[Si]3(C)C)c(C)n1.[Ir]. The second-order valence-corrected chi connectivity index (χ2v) is 11.9. The molecule has 26 heavy (non-hydrogen) atoms. The normalized spacial score (nSPS) is 14.2. The number of hydrogen-bond acceptors (Lipinski definition) is 2. The molecule has 4 aromatic rings. The quantitative estimate of drug-likeness (QED) is 0.195. The minimum atomic E-state index is -1.81. The van der Waals surface area contributed by atoms with Gasteiger partial charge in [0, 0.05) is 43.1 Å². The Balaban J connectivity index is 0.00000168. The zero-order chi connectivity index (χ0) is 17.3. The minimum absolute atomic E-state index is 0. The molecule has 2 aromatic heterocycles. The van der Waals surface area contributed by atoms with E-state index >= 15 is 0 Å². The van der Waals surface area contributed by atoms with Gasteiger partial charge in [-0.25, -0.2) is 0 Å². The van der Waals surface area contributed by atoms with Crippen LogP contribution in [0.5, 0.6) is 0 Å². The van der Waals surface area contributed by atoms with E-state index < -0.39 is 8.07 Å². The number of benzene rings is 2. The molecule has 0 bridgehead atoms. The number of fused-ring (bicyclic) bond motifs is 4. The van der Waals surface area contributed by atoms with Crippen LogP contribution in [0.15, 0.2) is 42.6 Å². The summed E-state index contributed by atoms with van der Waals surface area (Å²) in [6.45, 7) is 9.07. The fourth-order valence-corrected chi connectivity index (χ4v) is 7.40. The molecular formula is C22H19IrN2Si-. The minimum Gasteiger partial charge on any atom is -0.304 e. The van der Waals surface area contributed by atoms with Gasteiger partial charge in [0.15, 0.2) is 0 Å². The standard InChI is InChI=1S/C22H19N2Si.Ir/c1-13-11-18-15-9-10-23-22-16-7-5-6-8-19(16)25(3,4)20(21(15)22)12-17(18)14(2)24-13;/h5-6,8-12H,1-4H3;/q-1;. The van der Waals surface area contributed by atoms with Gasteiger partial charge in [-0.15, -0.1) is 35.0 Å². The van der Waals surface area contributed by atoms with Gasteiger partial charge in [0.1, 0.15) is 0 Å². The van der Waals surface area contributed by atoms with Crippen LogP contribution in [0.25, 0.3) is 32.8 Å². The molecule has 0 atom stereocenters. The zero-order valence-corrected chi connectivity index (χ0v) is 18.7. The van der Waals surface area contributed by atoms with Crippen LogP contribution in [-0.2, 0) is 20.1 Å². The fourth-order valence-electron chi connectivity index (χ4n) is 4.40. The molecule has 0 saturated carbocycles. The Morgan fingerprint density at radius 1 is 0.962 bits per heavy atom. The van der Waals surface area contributed by atoms with Gasteiger partial charge in [0.25, 0.3) is 0 Å². The summed E-state index contributed by atoms with van der Waals surface area (Å²) >= 11 is 0. The smallest absolute Gasteiger partial charge is 0.0659 e. The third kappa shape index (κ3) is 2.19. The van der Waals surface area contributed by atoms with E-state index in [0.29, 0.717) is 0 Å². The first-order valence-electron chi connectivity index (χ1n) is 8.70. The molecule has 3 heterocycles. The van der Waals surface area contributed by atoms with Crippen LogP contribution in [0.3, 0.4) is 0 Å². The molecule has 0 fully saturated rings. The number of rotatable bonds is 0. The monoisotopic (exact) mass is 532 g/mol. The summed E-state index contributed by atoms with van der Waals surface area (Å²) in [5, 5.41) is 8.09. The summed E-state index contributed by atoms with van der Waals surface area (Å²) in [5.74, 6) is 0. The van der Waals surface area contributed by atoms with Crippen molar-refractivity contribution in [2.45, 2.75) is 26.9 Å². The summed E-state index contributed by atoms with van der Waals surface area (Å²) < 4.78 is 0. The van der Waals surface area contributed by atoms with Gasteiger partial charge < -0.3 is 4.98 Å². The van der Waals surface area contributed by atoms with Crippen molar-refractivity contribution in [2.24, 2.45) is 0 Å². The summed E-state index contributed by atoms with van der Waals surface area (Å²) in [6, 6.07) is 16.6. The first kappa shape index (κ1) is 17.5. The fraction of sp³-hybridized carbons (Fsp3) is 0.182. The Kier molecular flexibility index (Phi) is 3.92. The predicted molar refractivity (Wildman–Crippen MR) is 108 cm³/mol. The average Bonchev–Trinajstić information content (AvgIpc) is 2.60. The number of aromatic nitrogens is 2. The maximum Gasteiger partial charge on any atom is 0.0659 e. The maximum atomic E-state index is 4.77. The molecule has 1 aliphatic heterocycles. The van der Waals surface area contributed by atoms with E-state index in [1.54, 1.807) is 0 Å². The summed E-state index contributed by atoms with van der Waals surface area (Å²) in [4.78, 5) is 9.48. The predicted octanol–water partition coefficient (Wildman–Crippen LogP) is 4.00. The number of aryl methyl sites for hydroxylation is 2. The Morgan fingerprint density at radius 2 is 1.77 bits per heavy atom. The molecule has 1 aliphatic rings. The van der Waals surface area contributed by atoms with Crippen LogP contribution < -0.4 is 10.4 Å². The van der Waals surface area contributed by atoms with Crippen molar-refractivity contribution in [1.82, 2.24) is 9.97 Å².